The molecule has 2 amide bonds. The minimum atomic E-state index is -3.53. The molecule has 28 heavy (non-hydrogen) atoms. The number of hydrogen-bond acceptors (Lipinski definition) is 8. The van der Waals surface area contributed by atoms with E-state index in [1.807, 2.05) is 24.0 Å². The van der Waals surface area contributed by atoms with Crippen molar-refractivity contribution < 1.29 is 18.0 Å². The molecule has 2 saturated heterocycles. The lowest BCUT2D eigenvalue weighted by Gasteiger charge is -2.35. The predicted octanol–water partition coefficient (Wildman–Crippen LogP) is -0.101. The number of piperidine rings is 1. The quantitative estimate of drug-likeness (QED) is 0.620. The van der Waals surface area contributed by atoms with Crippen molar-refractivity contribution in [3.8, 4) is 0 Å². The number of carbonyl (C=O) groups excluding carboxylic acids is 2. The Kier molecular flexibility index (Phi) is 6.45. The third-order valence-electron chi connectivity index (χ3n) is 4.92. The highest BCUT2D eigenvalue weighted by molar-refractivity contribution is 7.89. The summed E-state index contributed by atoms with van der Waals surface area (Å²) in [5.41, 5.74) is 0. The van der Waals surface area contributed by atoms with Crippen LogP contribution in [0, 0.1) is 0 Å². The fourth-order valence-electron chi connectivity index (χ4n) is 3.35. The second-order valence-corrected chi connectivity index (χ2v) is 8.89. The molecule has 0 radical (unpaired) electrons. The lowest BCUT2D eigenvalue weighted by Crippen LogP contribution is -2.51. The summed E-state index contributed by atoms with van der Waals surface area (Å²) in [5, 5.41) is 11.4. The average molecular weight is 411 g/mol. The molecule has 2 fully saturated rings. The van der Waals surface area contributed by atoms with Crippen LogP contribution < -0.4 is 10.2 Å². The Morgan fingerprint density at radius 3 is 2.29 bits per heavy atom. The topological polar surface area (TPSA) is 116 Å². The number of imide groups is 1. The zero-order chi connectivity index (χ0) is 20.1. The van der Waals surface area contributed by atoms with E-state index in [4.69, 9.17) is 0 Å². The summed E-state index contributed by atoms with van der Waals surface area (Å²) in [7, 11) is -3.53. The molecule has 154 valence electrons. The Morgan fingerprint density at radius 1 is 1.04 bits per heavy atom. The van der Waals surface area contributed by atoms with Crippen LogP contribution in [0.15, 0.2) is 12.1 Å². The molecule has 3 rings (SSSR count). The molecule has 2 aliphatic heterocycles. The minimum Gasteiger partial charge on any atom is -0.369 e. The van der Waals surface area contributed by atoms with Crippen LogP contribution in [0.4, 0.5) is 11.6 Å². The fraction of sp³-hybridized carbons (Fsp3) is 0.647. The first-order valence-corrected chi connectivity index (χ1v) is 11.1. The van der Waals surface area contributed by atoms with E-state index < -0.39 is 10.0 Å². The van der Waals surface area contributed by atoms with Crippen molar-refractivity contribution in [2.45, 2.75) is 26.2 Å². The SMILES string of the molecule is CCNc1ccc(N2CCN(S(=O)(=O)CCN3C(=O)CCCC3=O)CC2)nn1. The van der Waals surface area contributed by atoms with Gasteiger partial charge in [0.15, 0.2) is 5.82 Å². The van der Waals surface area contributed by atoms with E-state index in [1.165, 1.54) is 4.31 Å². The van der Waals surface area contributed by atoms with Crippen LogP contribution in [-0.2, 0) is 19.6 Å². The van der Waals surface area contributed by atoms with Crippen molar-refractivity contribution in [2.24, 2.45) is 0 Å². The van der Waals surface area contributed by atoms with E-state index in [1.54, 1.807) is 0 Å². The molecule has 0 atom stereocenters. The van der Waals surface area contributed by atoms with Gasteiger partial charge in [-0.3, -0.25) is 14.5 Å². The highest BCUT2D eigenvalue weighted by atomic mass is 32.2. The number of nitrogens with one attached hydrogen (secondary N) is 1. The Morgan fingerprint density at radius 2 is 1.71 bits per heavy atom. The first-order valence-electron chi connectivity index (χ1n) is 9.54. The summed E-state index contributed by atoms with van der Waals surface area (Å²) in [6, 6.07) is 3.71. The van der Waals surface area contributed by atoms with Crippen molar-refractivity contribution >= 4 is 33.5 Å². The van der Waals surface area contributed by atoms with Gasteiger partial charge < -0.3 is 10.2 Å². The fourth-order valence-corrected chi connectivity index (χ4v) is 4.74. The summed E-state index contributed by atoms with van der Waals surface area (Å²) in [4.78, 5) is 26.7. The zero-order valence-electron chi connectivity index (χ0n) is 16.0. The van der Waals surface area contributed by atoms with Gasteiger partial charge in [-0.25, -0.2) is 8.42 Å². The smallest absolute Gasteiger partial charge is 0.229 e. The van der Waals surface area contributed by atoms with Gasteiger partial charge in [-0.2, -0.15) is 4.31 Å². The normalized spacial score (nSPS) is 19.2. The number of likely N-dealkylation sites (tertiary alicyclic amines) is 1. The second-order valence-electron chi connectivity index (χ2n) is 6.80. The average Bonchev–Trinajstić information content (AvgIpc) is 2.68. The second kappa shape index (κ2) is 8.82. The van der Waals surface area contributed by atoms with Crippen molar-refractivity contribution in [1.29, 1.82) is 0 Å². The summed E-state index contributed by atoms with van der Waals surface area (Å²) in [6.07, 6.45) is 1.15. The Hall–Kier alpha value is -2.27. The molecule has 0 saturated carbocycles. The van der Waals surface area contributed by atoms with Gasteiger partial charge >= 0.3 is 0 Å². The molecular formula is C17H26N6O4S. The molecular weight excluding hydrogens is 384 g/mol. The van der Waals surface area contributed by atoms with Crippen LogP contribution in [0.3, 0.4) is 0 Å². The number of hydrogen-bond donors (Lipinski definition) is 1. The van der Waals surface area contributed by atoms with Gasteiger partial charge in [0, 0.05) is 52.1 Å². The molecule has 11 heteroatoms. The van der Waals surface area contributed by atoms with Crippen LogP contribution in [0.5, 0.6) is 0 Å². The predicted molar refractivity (Wildman–Crippen MR) is 104 cm³/mol. The first kappa shape index (κ1) is 20.5. The van der Waals surface area contributed by atoms with Crippen LogP contribution >= 0.6 is 0 Å². The number of sulfonamides is 1. The van der Waals surface area contributed by atoms with Gasteiger partial charge in [-0.15, -0.1) is 10.2 Å². The van der Waals surface area contributed by atoms with Crippen LogP contribution in [-0.4, -0.2) is 84.7 Å². The standard InChI is InChI=1S/C17H26N6O4S/c1-2-18-14-6-7-15(20-19-14)21-8-10-22(11-9-21)28(26,27)13-12-23-16(24)4-3-5-17(23)25/h6-7H,2-5,8-13H2,1H3,(H,18,19). The van der Waals surface area contributed by atoms with Gasteiger partial charge in [0.1, 0.15) is 5.82 Å². The number of carbonyl (C=O) groups is 2. The molecule has 0 aromatic carbocycles. The Labute approximate surface area is 164 Å². The van der Waals surface area contributed by atoms with E-state index in [0.29, 0.717) is 57.1 Å². The molecule has 0 bridgehead atoms. The van der Waals surface area contributed by atoms with E-state index in [2.05, 4.69) is 15.5 Å². The van der Waals surface area contributed by atoms with Crippen molar-refractivity contribution in [3.63, 3.8) is 0 Å². The summed E-state index contributed by atoms with van der Waals surface area (Å²) >= 11 is 0. The van der Waals surface area contributed by atoms with Crippen LogP contribution in [0.2, 0.25) is 0 Å². The van der Waals surface area contributed by atoms with Gasteiger partial charge in [-0.1, -0.05) is 0 Å². The van der Waals surface area contributed by atoms with Crippen molar-refractivity contribution in [2.75, 3.05) is 55.2 Å². The minimum absolute atomic E-state index is 0.0718. The maximum Gasteiger partial charge on any atom is 0.229 e. The summed E-state index contributed by atoms with van der Waals surface area (Å²) < 4.78 is 26.7. The molecule has 0 unspecified atom stereocenters. The highest BCUT2D eigenvalue weighted by Gasteiger charge is 2.31. The number of amides is 2. The molecule has 10 nitrogen and oxygen atoms in total. The number of nitrogens with zero attached hydrogens (tertiary/aromatic N) is 5. The lowest BCUT2D eigenvalue weighted by atomic mass is 10.1. The van der Waals surface area contributed by atoms with Crippen molar-refractivity contribution in [3.05, 3.63) is 12.1 Å². The number of aromatic nitrogens is 2. The molecule has 1 aromatic heterocycles. The maximum atomic E-state index is 12.6. The monoisotopic (exact) mass is 410 g/mol. The molecule has 1 aromatic rings. The van der Waals surface area contributed by atoms with Crippen LogP contribution in [0.25, 0.3) is 0 Å². The van der Waals surface area contributed by atoms with Gasteiger partial charge in [0.2, 0.25) is 21.8 Å². The number of anilines is 2. The Balaban J connectivity index is 1.53. The third-order valence-corrected chi connectivity index (χ3v) is 6.77. The van der Waals surface area contributed by atoms with Gasteiger partial charge in [-0.05, 0) is 25.5 Å². The zero-order valence-corrected chi connectivity index (χ0v) is 16.8. The largest absolute Gasteiger partial charge is 0.369 e. The first-order chi connectivity index (χ1) is 13.4. The molecule has 0 aliphatic carbocycles. The number of rotatable bonds is 7. The van der Waals surface area contributed by atoms with Crippen LogP contribution in [0.1, 0.15) is 26.2 Å². The van der Waals surface area contributed by atoms with E-state index in [9.17, 15) is 18.0 Å². The maximum absolute atomic E-state index is 12.6. The number of piperazine rings is 1. The summed E-state index contributed by atoms with van der Waals surface area (Å²) in [5.74, 6) is 0.617. The van der Waals surface area contributed by atoms with Crippen molar-refractivity contribution in [1.82, 2.24) is 19.4 Å². The molecule has 0 spiro atoms. The molecule has 3 heterocycles. The summed E-state index contributed by atoms with van der Waals surface area (Å²) in [6.45, 7) is 4.36. The highest BCUT2D eigenvalue weighted by Crippen LogP contribution is 2.17. The van der Waals surface area contributed by atoms with E-state index >= 15 is 0 Å². The van der Waals surface area contributed by atoms with Gasteiger partial charge in [0.05, 0.1) is 5.75 Å². The third kappa shape index (κ3) is 4.76. The molecule has 2 aliphatic rings. The van der Waals surface area contributed by atoms with E-state index in [-0.39, 0.29) is 24.1 Å². The van der Waals surface area contributed by atoms with E-state index in [0.717, 1.165) is 11.4 Å². The molecule has 1 N–H and O–H groups in total. The van der Waals surface area contributed by atoms with Gasteiger partial charge in [0.25, 0.3) is 0 Å². The lowest BCUT2D eigenvalue weighted by molar-refractivity contribution is -0.147. The Bertz CT molecular complexity index is 789.